The van der Waals surface area contributed by atoms with Crippen LogP contribution in [0, 0.1) is 4.91 Å². The van der Waals surface area contributed by atoms with Gasteiger partial charge in [0.05, 0.1) is 11.3 Å². The molecule has 0 aromatic carbocycles. The Kier molecular flexibility index (Phi) is 4.58. The highest BCUT2D eigenvalue weighted by Crippen LogP contribution is 2.30. The van der Waals surface area contributed by atoms with Crippen LogP contribution in [0.5, 0.6) is 0 Å². The van der Waals surface area contributed by atoms with Gasteiger partial charge in [0.2, 0.25) is 0 Å². The fourth-order valence-electron chi connectivity index (χ4n) is 2.47. The first-order valence-corrected chi connectivity index (χ1v) is 7.05. The molecule has 6 heteroatoms. The van der Waals surface area contributed by atoms with Crippen LogP contribution in [0.4, 0.5) is 0 Å². The van der Waals surface area contributed by atoms with E-state index in [1.807, 2.05) is 10.8 Å². The summed E-state index contributed by atoms with van der Waals surface area (Å²) < 4.78 is 1.98. The predicted octanol–water partition coefficient (Wildman–Crippen LogP) is 2.79. The van der Waals surface area contributed by atoms with Crippen LogP contribution >= 0.6 is 11.6 Å². The number of carbonyl (C=O) groups is 1. The van der Waals surface area contributed by atoms with E-state index in [0.29, 0.717) is 24.4 Å². The number of aryl methyl sites for hydroxylation is 1. The molecular formula is C13H18ClN3O2. The van der Waals surface area contributed by atoms with Gasteiger partial charge in [-0.15, -0.1) is 11.6 Å². The van der Waals surface area contributed by atoms with Gasteiger partial charge in [-0.25, -0.2) is 0 Å². The van der Waals surface area contributed by atoms with Crippen LogP contribution in [-0.4, -0.2) is 34.8 Å². The molecule has 1 amide bonds. The summed E-state index contributed by atoms with van der Waals surface area (Å²) in [5.74, 6) is 0.595. The van der Waals surface area contributed by atoms with Gasteiger partial charge in [0.25, 0.3) is 5.91 Å². The van der Waals surface area contributed by atoms with Crippen LogP contribution in [-0.2, 0) is 6.54 Å². The summed E-state index contributed by atoms with van der Waals surface area (Å²) in [6.45, 7) is 1.33. The molecule has 0 saturated carbocycles. The number of hydrogen-bond acceptors (Lipinski definition) is 3. The second kappa shape index (κ2) is 6.19. The SMILES string of the molecule is CN1CCC(N=O)c2c(ccn2CCCCCl)C1=O. The molecule has 0 radical (unpaired) electrons. The maximum Gasteiger partial charge on any atom is 0.255 e. The van der Waals surface area contributed by atoms with Crippen LogP contribution in [0.2, 0.25) is 0 Å². The highest BCUT2D eigenvalue weighted by Gasteiger charge is 2.29. The molecule has 1 aliphatic heterocycles. The fourth-order valence-corrected chi connectivity index (χ4v) is 2.66. The third-order valence-corrected chi connectivity index (χ3v) is 3.81. The van der Waals surface area contributed by atoms with E-state index in [1.54, 1.807) is 18.0 Å². The van der Waals surface area contributed by atoms with Crippen molar-refractivity contribution < 1.29 is 4.79 Å². The normalized spacial score (nSPS) is 19.2. The van der Waals surface area contributed by atoms with E-state index in [-0.39, 0.29) is 5.91 Å². The van der Waals surface area contributed by atoms with Crippen LogP contribution in [0.3, 0.4) is 0 Å². The first kappa shape index (κ1) is 14.1. The molecule has 19 heavy (non-hydrogen) atoms. The molecule has 1 aromatic rings. The van der Waals surface area contributed by atoms with Gasteiger partial charge in [0, 0.05) is 32.2 Å². The van der Waals surface area contributed by atoms with Crippen molar-refractivity contribution in [2.24, 2.45) is 5.18 Å². The topological polar surface area (TPSA) is 54.7 Å². The van der Waals surface area contributed by atoms with Crippen molar-refractivity contribution in [2.75, 3.05) is 19.5 Å². The number of unbranched alkanes of at least 4 members (excludes halogenated alkanes) is 1. The Bertz CT molecular complexity index is 472. The zero-order chi connectivity index (χ0) is 13.8. The maximum atomic E-state index is 12.2. The predicted molar refractivity (Wildman–Crippen MR) is 74.5 cm³/mol. The molecular weight excluding hydrogens is 266 g/mol. The lowest BCUT2D eigenvalue weighted by atomic mass is 10.1. The number of amides is 1. The van der Waals surface area contributed by atoms with Gasteiger partial charge in [-0.2, -0.15) is 4.91 Å². The minimum atomic E-state index is -0.435. The van der Waals surface area contributed by atoms with Gasteiger partial charge in [-0.3, -0.25) is 4.79 Å². The molecule has 2 rings (SSSR count). The largest absolute Gasteiger partial charge is 0.349 e. The Morgan fingerprint density at radius 1 is 1.47 bits per heavy atom. The maximum absolute atomic E-state index is 12.2. The van der Waals surface area contributed by atoms with Crippen LogP contribution in [0.1, 0.15) is 41.4 Å². The Hall–Kier alpha value is -1.36. The third kappa shape index (κ3) is 2.81. The first-order chi connectivity index (χ1) is 9.19. The van der Waals surface area contributed by atoms with Gasteiger partial charge in [-0.1, -0.05) is 5.18 Å². The average molecular weight is 284 g/mol. The number of hydrogen-bond donors (Lipinski definition) is 0. The van der Waals surface area contributed by atoms with Crippen molar-refractivity contribution in [2.45, 2.75) is 31.8 Å². The number of fused-ring (bicyclic) bond motifs is 1. The number of nitroso groups, excluding NO2 is 1. The molecule has 0 fully saturated rings. The Morgan fingerprint density at radius 3 is 2.95 bits per heavy atom. The minimum Gasteiger partial charge on any atom is -0.349 e. The van der Waals surface area contributed by atoms with Crippen molar-refractivity contribution in [3.63, 3.8) is 0 Å². The van der Waals surface area contributed by atoms with Gasteiger partial charge < -0.3 is 9.47 Å². The average Bonchev–Trinajstić information content (AvgIpc) is 2.78. The molecule has 1 aliphatic rings. The summed E-state index contributed by atoms with van der Waals surface area (Å²) in [7, 11) is 1.75. The number of carbonyl (C=O) groups excluding carboxylic acids is 1. The molecule has 1 aromatic heterocycles. The van der Waals surface area contributed by atoms with E-state index >= 15 is 0 Å². The molecule has 0 saturated heterocycles. The fraction of sp³-hybridized carbons (Fsp3) is 0.615. The van der Waals surface area contributed by atoms with Gasteiger partial charge in [-0.05, 0) is 25.3 Å². The van der Waals surface area contributed by atoms with Crippen molar-refractivity contribution in [1.29, 1.82) is 0 Å². The van der Waals surface area contributed by atoms with Crippen LogP contribution in [0.25, 0.3) is 0 Å². The van der Waals surface area contributed by atoms with Gasteiger partial charge >= 0.3 is 0 Å². The molecule has 0 bridgehead atoms. The molecule has 0 aliphatic carbocycles. The van der Waals surface area contributed by atoms with Crippen molar-refractivity contribution in [1.82, 2.24) is 9.47 Å². The van der Waals surface area contributed by atoms with Crippen molar-refractivity contribution in [3.8, 4) is 0 Å². The standard InChI is InChI=1S/C13H18ClN3O2/c1-16-8-5-11(15-19)12-10(13(16)18)4-9-17(12)7-3-2-6-14/h4,9,11H,2-3,5-8H2,1H3. The lowest BCUT2D eigenvalue weighted by molar-refractivity contribution is 0.0799. The number of nitrogens with zero attached hydrogens (tertiary/aromatic N) is 3. The van der Waals surface area contributed by atoms with E-state index in [4.69, 9.17) is 11.6 Å². The summed E-state index contributed by atoms with van der Waals surface area (Å²) in [5.41, 5.74) is 1.37. The molecule has 1 atom stereocenters. The van der Waals surface area contributed by atoms with Gasteiger partial charge in [0.15, 0.2) is 0 Å². The zero-order valence-corrected chi connectivity index (χ0v) is 11.8. The quantitative estimate of drug-likeness (QED) is 0.474. The highest BCUT2D eigenvalue weighted by atomic mass is 35.5. The van der Waals surface area contributed by atoms with Crippen molar-refractivity contribution >= 4 is 17.5 Å². The summed E-state index contributed by atoms with van der Waals surface area (Å²) in [4.78, 5) is 24.9. The number of rotatable bonds is 5. The highest BCUT2D eigenvalue weighted by molar-refractivity contribution is 6.17. The third-order valence-electron chi connectivity index (χ3n) is 3.55. The molecule has 104 valence electrons. The minimum absolute atomic E-state index is 0.0303. The zero-order valence-electron chi connectivity index (χ0n) is 11.0. The van der Waals surface area contributed by atoms with Crippen LogP contribution in [0.15, 0.2) is 17.4 Å². The molecule has 5 nitrogen and oxygen atoms in total. The van der Waals surface area contributed by atoms with E-state index in [1.165, 1.54) is 0 Å². The van der Waals surface area contributed by atoms with Crippen LogP contribution < -0.4 is 0 Å². The van der Waals surface area contributed by atoms with Crippen molar-refractivity contribution in [3.05, 3.63) is 28.4 Å². The van der Waals surface area contributed by atoms with E-state index in [9.17, 15) is 9.70 Å². The van der Waals surface area contributed by atoms with E-state index < -0.39 is 6.04 Å². The molecule has 2 heterocycles. The molecule has 1 unspecified atom stereocenters. The number of aromatic nitrogens is 1. The smallest absolute Gasteiger partial charge is 0.255 e. The lowest BCUT2D eigenvalue weighted by Gasteiger charge is -2.13. The van der Waals surface area contributed by atoms with E-state index in [0.717, 1.165) is 25.1 Å². The summed E-state index contributed by atoms with van der Waals surface area (Å²) in [5, 5.41) is 3.20. The number of halogens is 1. The summed E-state index contributed by atoms with van der Waals surface area (Å²) in [6, 6.07) is 1.35. The lowest BCUT2D eigenvalue weighted by Crippen LogP contribution is -2.25. The van der Waals surface area contributed by atoms with Gasteiger partial charge in [0.1, 0.15) is 6.04 Å². The summed E-state index contributed by atoms with van der Waals surface area (Å²) in [6.07, 6.45) is 4.30. The Labute approximate surface area is 117 Å². The molecule has 0 spiro atoms. The molecule has 0 N–H and O–H groups in total. The second-order valence-electron chi connectivity index (χ2n) is 4.84. The van der Waals surface area contributed by atoms with E-state index in [2.05, 4.69) is 5.18 Å². The second-order valence-corrected chi connectivity index (χ2v) is 5.22. The first-order valence-electron chi connectivity index (χ1n) is 6.52. The Balaban J connectivity index is 2.31. The number of alkyl halides is 1. The monoisotopic (exact) mass is 283 g/mol. The summed E-state index contributed by atoms with van der Waals surface area (Å²) >= 11 is 5.67. The Morgan fingerprint density at radius 2 is 2.26 bits per heavy atom.